The number of rotatable bonds is 3. The molecule has 2 saturated heterocycles. The van der Waals surface area contributed by atoms with Crippen LogP contribution >= 0.6 is 0 Å². The molecule has 0 radical (unpaired) electrons. The van der Waals surface area contributed by atoms with Gasteiger partial charge in [0.2, 0.25) is 5.95 Å². The number of nitrogens with zero attached hydrogens (tertiary/aromatic N) is 4. The SMILES string of the molecule is Cc1cc(N2C[C@@H](N)[C@H](C(C)C)C2)nc(N2CCCC2)n1. The molecule has 5 heteroatoms. The number of aromatic nitrogens is 2. The Bertz CT molecular complexity index is 495. The molecule has 21 heavy (non-hydrogen) atoms. The highest BCUT2D eigenvalue weighted by atomic mass is 15.3. The Morgan fingerprint density at radius 1 is 1.14 bits per heavy atom. The van der Waals surface area contributed by atoms with E-state index in [9.17, 15) is 0 Å². The fourth-order valence-corrected chi connectivity index (χ4v) is 3.50. The fraction of sp³-hybridized carbons (Fsp3) is 0.750. The summed E-state index contributed by atoms with van der Waals surface area (Å²) in [7, 11) is 0. The minimum atomic E-state index is 0.246. The monoisotopic (exact) mass is 289 g/mol. The molecule has 3 heterocycles. The summed E-state index contributed by atoms with van der Waals surface area (Å²) in [4.78, 5) is 14.1. The van der Waals surface area contributed by atoms with Gasteiger partial charge >= 0.3 is 0 Å². The maximum absolute atomic E-state index is 6.31. The zero-order valence-corrected chi connectivity index (χ0v) is 13.4. The summed E-state index contributed by atoms with van der Waals surface area (Å²) in [6.45, 7) is 10.6. The highest BCUT2D eigenvalue weighted by Crippen LogP contribution is 2.28. The van der Waals surface area contributed by atoms with Gasteiger partial charge in [0, 0.05) is 44.0 Å². The summed E-state index contributed by atoms with van der Waals surface area (Å²) in [5, 5.41) is 0. The van der Waals surface area contributed by atoms with Crippen LogP contribution in [0.1, 0.15) is 32.4 Å². The first-order valence-electron chi connectivity index (χ1n) is 8.16. The summed E-state index contributed by atoms with van der Waals surface area (Å²) in [6, 6.07) is 2.34. The molecule has 0 bridgehead atoms. The van der Waals surface area contributed by atoms with Crippen molar-refractivity contribution in [3.8, 4) is 0 Å². The zero-order valence-electron chi connectivity index (χ0n) is 13.4. The summed E-state index contributed by atoms with van der Waals surface area (Å²) in [5.74, 6) is 3.11. The van der Waals surface area contributed by atoms with Crippen LogP contribution in [-0.2, 0) is 0 Å². The first kappa shape index (κ1) is 14.6. The van der Waals surface area contributed by atoms with E-state index >= 15 is 0 Å². The minimum absolute atomic E-state index is 0.246. The van der Waals surface area contributed by atoms with Gasteiger partial charge in [-0.3, -0.25) is 0 Å². The second-order valence-corrected chi connectivity index (χ2v) is 6.84. The van der Waals surface area contributed by atoms with Crippen LogP contribution in [0.2, 0.25) is 0 Å². The van der Waals surface area contributed by atoms with Gasteiger partial charge in [-0.05, 0) is 31.6 Å². The molecule has 1 aromatic heterocycles. The lowest BCUT2D eigenvalue weighted by Gasteiger charge is -2.22. The van der Waals surface area contributed by atoms with Crippen molar-refractivity contribution in [3.05, 3.63) is 11.8 Å². The van der Waals surface area contributed by atoms with Crippen LogP contribution in [0.25, 0.3) is 0 Å². The standard InChI is InChI=1S/C16H27N5/c1-11(2)13-9-21(10-14(13)17)15-8-12(3)18-16(19-15)20-6-4-5-7-20/h8,11,13-14H,4-7,9-10,17H2,1-3H3/t13-,14+/m0/s1. The quantitative estimate of drug-likeness (QED) is 0.919. The van der Waals surface area contributed by atoms with Crippen molar-refractivity contribution in [2.75, 3.05) is 36.0 Å². The first-order valence-corrected chi connectivity index (χ1v) is 8.16. The van der Waals surface area contributed by atoms with Crippen molar-refractivity contribution >= 4 is 11.8 Å². The molecule has 116 valence electrons. The topological polar surface area (TPSA) is 58.3 Å². The molecule has 0 saturated carbocycles. The normalized spacial score (nSPS) is 26.1. The molecule has 0 unspecified atom stereocenters. The van der Waals surface area contributed by atoms with Gasteiger partial charge in [0.05, 0.1) is 0 Å². The van der Waals surface area contributed by atoms with Crippen molar-refractivity contribution in [2.45, 2.75) is 39.7 Å². The van der Waals surface area contributed by atoms with E-state index in [0.29, 0.717) is 11.8 Å². The lowest BCUT2D eigenvalue weighted by Crippen LogP contribution is -2.32. The van der Waals surface area contributed by atoms with E-state index < -0.39 is 0 Å². The van der Waals surface area contributed by atoms with Crippen LogP contribution in [-0.4, -0.2) is 42.2 Å². The van der Waals surface area contributed by atoms with E-state index in [2.05, 4.69) is 41.6 Å². The highest BCUT2D eigenvalue weighted by Gasteiger charge is 2.33. The van der Waals surface area contributed by atoms with Crippen LogP contribution < -0.4 is 15.5 Å². The maximum Gasteiger partial charge on any atom is 0.227 e. The zero-order chi connectivity index (χ0) is 15.0. The number of aryl methyl sites for hydroxylation is 1. The Kier molecular flexibility index (Phi) is 4.02. The van der Waals surface area contributed by atoms with Crippen molar-refractivity contribution in [3.63, 3.8) is 0 Å². The lowest BCUT2D eigenvalue weighted by molar-refractivity contribution is 0.382. The van der Waals surface area contributed by atoms with Crippen LogP contribution in [0, 0.1) is 18.8 Å². The number of anilines is 2. The van der Waals surface area contributed by atoms with Gasteiger partial charge in [-0.25, -0.2) is 4.98 Å². The molecule has 0 spiro atoms. The number of hydrogen-bond donors (Lipinski definition) is 1. The summed E-state index contributed by atoms with van der Waals surface area (Å²) >= 11 is 0. The largest absolute Gasteiger partial charge is 0.355 e. The molecule has 2 aliphatic heterocycles. The Labute approximate surface area is 127 Å². The van der Waals surface area contributed by atoms with E-state index in [1.54, 1.807) is 0 Å². The van der Waals surface area contributed by atoms with E-state index in [0.717, 1.165) is 43.6 Å². The second kappa shape index (κ2) is 5.79. The molecule has 1 aromatic rings. The van der Waals surface area contributed by atoms with Crippen LogP contribution in [0.5, 0.6) is 0 Å². The Morgan fingerprint density at radius 2 is 1.86 bits per heavy atom. The number of nitrogens with two attached hydrogens (primary N) is 1. The smallest absolute Gasteiger partial charge is 0.227 e. The van der Waals surface area contributed by atoms with Crippen molar-refractivity contribution < 1.29 is 0 Å². The molecule has 2 fully saturated rings. The third-order valence-corrected chi connectivity index (χ3v) is 4.81. The van der Waals surface area contributed by atoms with Gasteiger partial charge in [-0.2, -0.15) is 4.98 Å². The molecule has 2 aliphatic rings. The molecule has 0 aliphatic carbocycles. The number of hydrogen-bond acceptors (Lipinski definition) is 5. The Morgan fingerprint density at radius 3 is 2.48 bits per heavy atom. The van der Waals surface area contributed by atoms with Crippen molar-refractivity contribution in [1.82, 2.24) is 9.97 Å². The minimum Gasteiger partial charge on any atom is -0.355 e. The van der Waals surface area contributed by atoms with Gasteiger partial charge in [0.1, 0.15) is 5.82 Å². The van der Waals surface area contributed by atoms with Crippen LogP contribution in [0.4, 0.5) is 11.8 Å². The molecule has 5 nitrogen and oxygen atoms in total. The van der Waals surface area contributed by atoms with Gasteiger partial charge in [-0.15, -0.1) is 0 Å². The fourth-order valence-electron chi connectivity index (χ4n) is 3.50. The summed E-state index contributed by atoms with van der Waals surface area (Å²) in [5.41, 5.74) is 7.36. The van der Waals surface area contributed by atoms with Gasteiger partial charge in [0.25, 0.3) is 0 Å². The Hall–Kier alpha value is -1.36. The van der Waals surface area contributed by atoms with Crippen LogP contribution in [0.15, 0.2) is 6.07 Å². The molecule has 2 N–H and O–H groups in total. The molecule has 0 aromatic carbocycles. The molecule has 0 amide bonds. The van der Waals surface area contributed by atoms with Gasteiger partial charge in [-0.1, -0.05) is 13.8 Å². The predicted octanol–water partition coefficient (Wildman–Crippen LogP) is 1.80. The predicted molar refractivity (Wildman–Crippen MR) is 86.7 cm³/mol. The molecular formula is C16H27N5. The molecule has 3 rings (SSSR count). The van der Waals surface area contributed by atoms with Gasteiger partial charge < -0.3 is 15.5 Å². The van der Waals surface area contributed by atoms with Crippen molar-refractivity contribution in [1.29, 1.82) is 0 Å². The third-order valence-electron chi connectivity index (χ3n) is 4.81. The van der Waals surface area contributed by atoms with Crippen molar-refractivity contribution in [2.24, 2.45) is 17.6 Å². The van der Waals surface area contributed by atoms with E-state index in [-0.39, 0.29) is 6.04 Å². The molecular weight excluding hydrogens is 262 g/mol. The van der Waals surface area contributed by atoms with E-state index in [4.69, 9.17) is 10.7 Å². The van der Waals surface area contributed by atoms with E-state index in [1.165, 1.54) is 12.8 Å². The summed E-state index contributed by atoms with van der Waals surface area (Å²) in [6.07, 6.45) is 2.49. The average Bonchev–Trinajstić information content (AvgIpc) is 3.06. The highest BCUT2D eigenvalue weighted by molar-refractivity contribution is 5.47. The maximum atomic E-state index is 6.31. The van der Waals surface area contributed by atoms with Crippen LogP contribution in [0.3, 0.4) is 0 Å². The summed E-state index contributed by atoms with van der Waals surface area (Å²) < 4.78 is 0. The molecule has 2 atom stereocenters. The van der Waals surface area contributed by atoms with Gasteiger partial charge in [0.15, 0.2) is 0 Å². The lowest BCUT2D eigenvalue weighted by atomic mass is 9.92. The first-order chi connectivity index (χ1) is 10.0. The average molecular weight is 289 g/mol. The van der Waals surface area contributed by atoms with E-state index in [1.807, 2.05) is 0 Å². The second-order valence-electron chi connectivity index (χ2n) is 6.84. The Balaban J connectivity index is 1.82. The third kappa shape index (κ3) is 2.98.